The molecule has 1 heterocycles. The topological polar surface area (TPSA) is 16.4 Å². The lowest BCUT2D eigenvalue weighted by Crippen LogP contribution is -2.10. The summed E-state index contributed by atoms with van der Waals surface area (Å²) in [6.07, 6.45) is 0. The molecule has 0 saturated carbocycles. The highest BCUT2D eigenvalue weighted by Crippen LogP contribution is 2.44. The second kappa shape index (κ2) is 12.2. The minimum Gasteiger partial charge on any atom is -0.456 e. The molecule has 11 aromatic rings. The van der Waals surface area contributed by atoms with Crippen molar-refractivity contribution in [2.45, 2.75) is 0 Å². The Balaban J connectivity index is 1.24. The fraction of sp³-hybridized carbons (Fsp3) is 0. The van der Waals surface area contributed by atoms with Gasteiger partial charge >= 0.3 is 0 Å². The molecule has 252 valence electrons. The highest BCUT2D eigenvalue weighted by molar-refractivity contribution is 6.16. The second-order valence-corrected chi connectivity index (χ2v) is 13.4. The summed E-state index contributed by atoms with van der Waals surface area (Å²) in [4.78, 5) is 1.41. The van der Waals surface area contributed by atoms with E-state index in [-0.39, 0.29) is 46.7 Å². The van der Waals surface area contributed by atoms with E-state index in [2.05, 4.69) is 0 Å². The minimum atomic E-state index is -0.412. The summed E-state index contributed by atoms with van der Waals surface area (Å²) in [6, 6.07) is 44.6. The van der Waals surface area contributed by atoms with Crippen molar-refractivity contribution >= 4 is 82.1 Å². The van der Waals surface area contributed by atoms with E-state index >= 15 is 0 Å². The van der Waals surface area contributed by atoms with E-state index in [0.717, 1.165) is 43.1 Å². The lowest BCUT2D eigenvalue weighted by atomic mass is 9.93. The van der Waals surface area contributed by atoms with Crippen LogP contribution in [0.2, 0.25) is 0 Å². The summed E-state index contributed by atoms with van der Waals surface area (Å²) >= 11 is 0. The summed E-state index contributed by atoms with van der Waals surface area (Å²) in [7, 11) is 0. The predicted octanol–water partition coefficient (Wildman–Crippen LogP) is 15.0. The van der Waals surface area contributed by atoms with Gasteiger partial charge < -0.3 is 9.32 Å². The molecular formula is C52H33NO. The van der Waals surface area contributed by atoms with Gasteiger partial charge in [-0.05, 0) is 108 Å². The Labute approximate surface area is 324 Å². The van der Waals surface area contributed by atoms with Crippen molar-refractivity contribution in [3.63, 3.8) is 0 Å². The van der Waals surface area contributed by atoms with E-state index in [9.17, 15) is 11.0 Å². The maximum absolute atomic E-state index is 9.81. The van der Waals surface area contributed by atoms with Gasteiger partial charge in [-0.15, -0.1) is 0 Å². The number of nitrogens with zero attached hydrogens (tertiary/aromatic N) is 1. The molecule has 11 rings (SSSR count). The first-order valence-electron chi connectivity index (χ1n) is 21.9. The maximum atomic E-state index is 9.81. The number of fused-ring (bicyclic) bond motifs is 9. The van der Waals surface area contributed by atoms with E-state index < -0.39 is 24.2 Å². The van der Waals surface area contributed by atoms with Crippen LogP contribution in [-0.4, -0.2) is 0 Å². The van der Waals surface area contributed by atoms with Crippen LogP contribution in [0, 0.1) is 0 Å². The zero-order chi connectivity index (χ0) is 42.6. The molecule has 1 aromatic heterocycles. The Hall–Kier alpha value is -7.16. The molecule has 0 amide bonds. The molecule has 0 aliphatic rings. The Morgan fingerprint density at radius 2 is 0.852 bits per heavy atom. The highest BCUT2D eigenvalue weighted by Gasteiger charge is 2.19. The Morgan fingerprint density at radius 1 is 0.370 bits per heavy atom. The van der Waals surface area contributed by atoms with Crippen LogP contribution in [0.15, 0.2) is 204 Å². The van der Waals surface area contributed by atoms with Gasteiger partial charge in [-0.3, -0.25) is 0 Å². The lowest BCUT2D eigenvalue weighted by molar-refractivity contribution is 0.669. The number of rotatable bonds is 5. The molecule has 0 fully saturated rings. The van der Waals surface area contributed by atoms with Crippen LogP contribution < -0.4 is 4.90 Å². The number of hydrogen-bond donors (Lipinski definition) is 0. The molecule has 0 aliphatic heterocycles. The van der Waals surface area contributed by atoms with Gasteiger partial charge in [0.1, 0.15) is 11.2 Å². The standard InChI is InChI=1S/C52H33NO/c1-3-14-40-36(12-1)32-48(45-18-6-5-16-43(40)45)35-26-30-39(31-27-35)53(49-33-37-13-2-4-15-41(37)44-17-7-8-19-46(44)49)38-28-24-34(25-29-38)42-21-11-23-51-52(42)47-20-9-10-22-50(47)54-51/h1-33H/i24D,25D,26D,27D,28D,29D,30D,31D. The number of anilines is 3. The Kier molecular flexibility index (Phi) is 5.30. The number of furan rings is 1. The van der Waals surface area contributed by atoms with E-state index in [1.54, 1.807) is 12.1 Å². The maximum Gasteiger partial charge on any atom is 0.136 e. The molecule has 0 bridgehead atoms. The van der Waals surface area contributed by atoms with Crippen LogP contribution >= 0.6 is 0 Å². The third kappa shape index (κ3) is 4.81. The lowest BCUT2D eigenvalue weighted by Gasteiger charge is -2.28. The number of hydrogen-bond acceptors (Lipinski definition) is 2. The van der Waals surface area contributed by atoms with Crippen molar-refractivity contribution in [2.24, 2.45) is 0 Å². The molecule has 0 saturated heterocycles. The summed E-state index contributed by atoms with van der Waals surface area (Å²) < 4.78 is 83.9. The zero-order valence-electron chi connectivity index (χ0n) is 36.8. The van der Waals surface area contributed by atoms with Gasteiger partial charge in [-0.25, -0.2) is 0 Å². The van der Waals surface area contributed by atoms with Crippen molar-refractivity contribution in [3.8, 4) is 22.3 Å². The van der Waals surface area contributed by atoms with Gasteiger partial charge in [0, 0.05) is 27.5 Å². The van der Waals surface area contributed by atoms with Crippen LogP contribution in [0.25, 0.3) is 87.3 Å². The molecular weight excluding hydrogens is 655 g/mol. The van der Waals surface area contributed by atoms with E-state index in [4.69, 9.17) is 4.42 Å². The normalized spacial score (nSPS) is 13.8. The average Bonchev–Trinajstić information content (AvgIpc) is 3.69. The van der Waals surface area contributed by atoms with Crippen LogP contribution in [0.3, 0.4) is 0 Å². The SMILES string of the molecule is [2H]c1c([2H])c(N(c2c([2H])c([2H])c(-c3cccc4oc5ccccc5c34)c([2H])c2[2H])c2cc3ccccc3c3ccccc23)c([2H])c([2H])c1-c1cc2ccccc2c2ccccc12. The van der Waals surface area contributed by atoms with Crippen molar-refractivity contribution in [2.75, 3.05) is 4.90 Å². The van der Waals surface area contributed by atoms with Gasteiger partial charge in [0.05, 0.1) is 16.7 Å². The van der Waals surface area contributed by atoms with Crippen LogP contribution in [0.5, 0.6) is 0 Å². The number of benzene rings is 10. The van der Waals surface area contributed by atoms with Gasteiger partial charge in [0.2, 0.25) is 0 Å². The predicted molar refractivity (Wildman–Crippen MR) is 229 cm³/mol. The molecule has 0 spiro atoms. The summed E-state index contributed by atoms with van der Waals surface area (Å²) in [5.74, 6) is 0. The van der Waals surface area contributed by atoms with E-state index in [1.165, 1.54) is 4.90 Å². The molecule has 0 radical (unpaired) electrons. The van der Waals surface area contributed by atoms with Crippen molar-refractivity contribution < 1.29 is 15.4 Å². The summed E-state index contributed by atoms with van der Waals surface area (Å²) in [6.45, 7) is 0. The van der Waals surface area contributed by atoms with Gasteiger partial charge in [0.15, 0.2) is 0 Å². The quantitative estimate of drug-likeness (QED) is 0.167. The van der Waals surface area contributed by atoms with Gasteiger partial charge in [-0.2, -0.15) is 0 Å². The third-order valence-corrected chi connectivity index (χ3v) is 10.4. The molecule has 10 aromatic carbocycles. The zero-order valence-corrected chi connectivity index (χ0v) is 28.8. The van der Waals surface area contributed by atoms with Crippen molar-refractivity contribution in [3.05, 3.63) is 200 Å². The van der Waals surface area contributed by atoms with Crippen LogP contribution in [-0.2, 0) is 0 Å². The second-order valence-electron chi connectivity index (χ2n) is 13.4. The first-order valence-corrected chi connectivity index (χ1v) is 17.9. The van der Waals surface area contributed by atoms with Crippen LogP contribution in [0.4, 0.5) is 17.1 Å². The van der Waals surface area contributed by atoms with Gasteiger partial charge in [0.25, 0.3) is 0 Å². The summed E-state index contributed by atoms with van der Waals surface area (Å²) in [5, 5.41) is 8.20. The average molecular weight is 696 g/mol. The molecule has 0 N–H and O–H groups in total. The molecule has 0 aliphatic carbocycles. The van der Waals surface area contributed by atoms with Crippen molar-refractivity contribution in [1.82, 2.24) is 0 Å². The smallest absolute Gasteiger partial charge is 0.136 e. The number of para-hydroxylation sites is 1. The first-order chi connectivity index (χ1) is 30.1. The molecule has 0 atom stereocenters. The molecule has 2 heteroatoms. The Bertz CT molecular complexity index is 3650. The molecule has 2 nitrogen and oxygen atoms in total. The minimum absolute atomic E-state index is 0.0716. The summed E-state index contributed by atoms with van der Waals surface area (Å²) in [5.41, 5.74) is 2.32. The fourth-order valence-electron chi connectivity index (χ4n) is 7.92. The van der Waals surface area contributed by atoms with E-state index in [1.807, 2.05) is 140 Å². The molecule has 0 unspecified atom stereocenters. The highest BCUT2D eigenvalue weighted by atomic mass is 16.3. The van der Waals surface area contributed by atoms with Gasteiger partial charge in [-0.1, -0.05) is 152 Å². The Morgan fingerprint density at radius 3 is 1.52 bits per heavy atom. The fourth-order valence-corrected chi connectivity index (χ4v) is 7.92. The van der Waals surface area contributed by atoms with Crippen molar-refractivity contribution in [1.29, 1.82) is 0 Å². The third-order valence-electron chi connectivity index (χ3n) is 10.4. The largest absolute Gasteiger partial charge is 0.456 e. The molecule has 54 heavy (non-hydrogen) atoms. The van der Waals surface area contributed by atoms with Crippen LogP contribution in [0.1, 0.15) is 11.0 Å². The monoisotopic (exact) mass is 695 g/mol. The van der Waals surface area contributed by atoms with E-state index in [0.29, 0.717) is 38.8 Å². The first kappa shape index (κ1) is 23.4.